The molecule has 0 aliphatic rings. The van der Waals surface area contributed by atoms with E-state index in [2.05, 4.69) is 21.7 Å². The summed E-state index contributed by atoms with van der Waals surface area (Å²) in [5.41, 5.74) is 1.91. The molecular formula is C19H20FN3O. The number of fused-ring (bicyclic) bond motifs is 1. The first-order valence-corrected chi connectivity index (χ1v) is 7.91. The maximum Gasteiger partial charge on any atom is 0.191 e. The van der Waals surface area contributed by atoms with Gasteiger partial charge in [-0.15, -0.1) is 0 Å². The molecule has 0 aliphatic heterocycles. The molecule has 2 N–H and O–H groups in total. The van der Waals surface area contributed by atoms with Crippen LogP contribution in [0.3, 0.4) is 0 Å². The minimum absolute atomic E-state index is 0.230. The van der Waals surface area contributed by atoms with E-state index in [9.17, 15) is 4.39 Å². The second-order valence-corrected chi connectivity index (χ2v) is 5.48. The predicted octanol–water partition coefficient (Wildman–Crippen LogP) is 3.48. The molecule has 24 heavy (non-hydrogen) atoms. The van der Waals surface area contributed by atoms with Crippen LogP contribution in [0, 0.1) is 5.82 Å². The van der Waals surface area contributed by atoms with Crippen molar-refractivity contribution in [2.45, 2.75) is 13.0 Å². The summed E-state index contributed by atoms with van der Waals surface area (Å²) in [6.07, 6.45) is 0.770. The van der Waals surface area contributed by atoms with Crippen molar-refractivity contribution in [3.8, 4) is 0 Å². The van der Waals surface area contributed by atoms with Crippen molar-refractivity contribution in [3.63, 3.8) is 0 Å². The number of guanidine groups is 1. The third kappa shape index (κ3) is 4.13. The molecule has 0 saturated carbocycles. The van der Waals surface area contributed by atoms with Crippen LogP contribution in [0.15, 0.2) is 64.0 Å². The zero-order chi connectivity index (χ0) is 16.8. The van der Waals surface area contributed by atoms with Gasteiger partial charge in [-0.25, -0.2) is 4.39 Å². The molecule has 0 saturated heterocycles. The van der Waals surface area contributed by atoms with E-state index in [-0.39, 0.29) is 5.82 Å². The molecule has 0 fully saturated rings. The fraction of sp³-hybridized carbons (Fsp3) is 0.211. The Hall–Kier alpha value is -2.82. The third-order valence-corrected chi connectivity index (χ3v) is 3.74. The number of furan rings is 1. The van der Waals surface area contributed by atoms with Gasteiger partial charge in [-0.05, 0) is 29.8 Å². The molecular weight excluding hydrogens is 305 g/mol. The number of nitrogens with one attached hydrogen (secondary N) is 2. The molecule has 0 spiro atoms. The highest BCUT2D eigenvalue weighted by molar-refractivity contribution is 5.80. The second kappa shape index (κ2) is 7.64. The van der Waals surface area contributed by atoms with Crippen LogP contribution in [0.4, 0.5) is 4.39 Å². The summed E-state index contributed by atoms with van der Waals surface area (Å²) in [7, 11) is 1.72. The summed E-state index contributed by atoms with van der Waals surface area (Å²) in [5, 5.41) is 7.57. The summed E-state index contributed by atoms with van der Waals surface area (Å²) >= 11 is 0. The number of hydrogen-bond donors (Lipinski definition) is 2. The molecule has 124 valence electrons. The van der Waals surface area contributed by atoms with Gasteiger partial charge in [0.1, 0.15) is 17.2 Å². The lowest BCUT2D eigenvalue weighted by Crippen LogP contribution is -2.37. The number of aliphatic imine (C=N–C) groups is 1. The SMILES string of the molecule is CN=C(NCCc1cc2ccccc2o1)NCc1ccc(F)cc1. The quantitative estimate of drug-likeness (QED) is 0.558. The van der Waals surface area contributed by atoms with Crippen molar-refractivity contribution >= 4 is 16.9 Å². The lowest BCUT2D eigenvalue weighted by Gasteiger charge is -2.11. The van der Waals surface area contributed by atoms with Gasteiger partial charge in [0.2, 0.25) is 0 Å². The van der Waals surface area contributed by atoms with Crippen molar-refractivity contribution in [3.05, 3.63) is 71.7 Å². The van der Waals surface area contributed by atoms with Crippen molar-refractivity contribution in [2.24, 2.45) is 4.99 Å². The van der Waals surface area contributed by atoms with Crippen LogP contribution in [-0.2, 0) is 13.0 Å². The van der Waals surface area contributed by atoms with Gasteiger partial charge in [0.25, 0.3) is 0 Å². The van der Waals surface area contributed by atoms with Crippen molar-refractivity contribution < 1.29 is 8.81 Å². The number of nitrogens with zero attached hydrogens (tertiary/aromatic N) is 1. The predicted molar refractivity (Wildman–Crippen MR) is 94.5 cm³/mol. The first kappa shape index (κ1) is 16.1. The molecule has 0 unspecified atom stereocenters. The van der Waals surface area contributed by atoms with E-state index in [0.717, 1.165) is 28.7 Å². The topological polar surface area (TPSA) is 49.6 Å². The van der Waals surface area contributed by atoms with Gasteiger partial charge in [-0.2, -0.15) is 0 Å². The molecule has 0 bridgehead atoms. The lowest BCUT2D eigenvalue weighted by molar-refractivity contribution is 0.544. The highest BCUT2D eigenvalue weighted by Crippen LogP contribution is 2.18. The molecule has 0 atom stereocenters. The minimum Gasteiger partial charge on any atom is -0.461 e. The van der Waals surface area contributed by atoms with E-state index in [1.165, 1.54) is 12.1 Å². The summed E-state index contributed by atoms with van der Waals surface area (Å²) in [6.45, 7) is 1.30. The van der Waals surface area contributed by atoms with Gasteiger partial charge < -0.3 is 15.1 Å². The van der Waals surface area contributed by atoms with E-state index in [0.29, 0.717) is 19.0 Å². The maximum absolute atomic E-state index is 12.9. The highest BCUT2D eigenvalue weighted by Gasteiger charge is 2.04. The van der Waals surface area contributed by atoms with Crippen LogP contribution in [0.25, 0.3) is 11.0 Å². The fourth-order valence-electron chi connectivity index (χ4n) is 2.47. The van der Waals surface area contributed by atoms with Gasteiger partial charge in [-0.3, -0.25) is 4.99 Å². The van der Waals surface area contributed by atoms with Crippen molar-refractivity contribution in [2.75, 3.05) is 13.6 Å². The Morgan fingerprint density at radius 1 is 1.08 bits per heavy atom. The van der Waals surface area contributed by atoms with Gasteiger partial charge in [-0.1, -0.05) is 30.3 Å². The molecule has 5 heteroatoms. The Labute approximate surface area is 140 Å². The van der Waals surface area contributed by atoms with Crippen LogP contribution >= 0.6 is 0 Å². The Bertz CT molecular complexity index is 791. The zero-order valence-electron chi connectivity index (χ0n) is 13.6. The number of hydrogen-bond acceptors (Lipinski definition) is 2. The van der Waals surface area contributed by atoms with E-state index in [1.807, 2.05) is 24.3 Å². The Morgan fingerprint density at radius 3 is 2.62 bits per heavy atom. The summed E-state index contributed by atoms with van der Waals surface area (Å²) in [6, 6.07) is 16.5. The van der Waals surface area contributed by atoms with Crippen LogP contribution in [0.1, 0.15) is 11.3 Å². The van der Waals surface area contributed by atoms with Gasteiger partial charge in [0.15, 0.2) is 5.96 Å². The highest BCUT2D eigenvalue weighted by atomic mass is 19.1. The molecule has 2 aromatic carbocycles. The van der Waals surface area contributed by atoms with Crippen LogP contribution in [-0.4, -0.2) is 19.6 Å². The Kier molecular flexibility index (Phi) is 5.11. The van der Waals surface area contributed by atoms with Crippen molar-refractivity contribution in [1.82, 2.24) is 10.6 Å². The first-order valence-electron chi connectivity index (χ1n) is 7.91. The van der Waals surface area contributed by atoms with E-state index < -0.39 is 0 Å². The third-order valence-electron chi connectivity index (χ3n) is 3.74. The standard InChI is InChI=1S/C19H20FN3O/c1-21-19(23-13-14-6-8-16(20)9-7-14)22-11-10-17-12-15-4-2-3-5-18(15)24-17/h2-9,12H,10-11,13H2,1H3,(H2,21,22,23). The smallest absolute Gasteiger partial charge is 0.191 e. The average Bonchev–Trinajstić information content (AvgIpc) is 3.02. The number of halogens is 1. The molecule has 0 radical (unpaired) electrons. The zero-order valence-corrected chi connectivity index (χ0v) is 13.6. The van der Waals surface area contributed by atoms with Gasteiger partial charge >= 0.3 is 0 Å². The number of rotatable bonds is 5. The monoisotopic (exact) mass is 325 g/mol. The Morgan fingerprint density at radius 2 is 1.88 bits per heavy atom. The van der Waals surface area contributed by atoms with Crippen LogP contribution in [0.5, 0.6) is 0 Å². The molecule has 3 aromatic rings. The first-order chi connectivity index (χ1) is 11.7. The average molecular weight is 325 g/mol. The van der Waals surface area contributed by atoms with Crippen LogP contribution < -0.4 is 10.6 Å². The summed E-state index contributed by atoms with van der Waals surface area (Å²) < 4.78 is 18.7. The number of benzene rings is 2. The number of para-hydroxylation sites is 1. The summed E-state index contributed by atoms with van der Waals surface area (Å²) in [4.78, 5) is 4.18. The largest absolute Gasteiger partial charge is 0.461 e. The van der Waals surface area contributed by atoms with E-state index in [4.69, 9.17) is 4.42 Å². The molecule has 1 aromatic heterocycles. The molecule has 4 nitrogen and oxygen atoms in total. The van der Waals surface area contributed by atoms with Crippen LogP contribution in [0.2, 0.25) is 0 Å². The molecule has 0 aliphatic carbocycles. The van der Waals surface area contributed by atoms with Gasteiger partial charge in [0, 0.05) is 31.9 Å². The maximum atomic E-state index is 12.9. The van der Waals surface area contributed by atoms with Crippen molar-refractivity contribution in [1.29, 1.82) is 0 Å². The fourth-order valence-corrected chi connectivity index (χ4v) is 2.47. The lowest BCUT2D eigenvalue weighted by atomic mass is 10.2. The van der Waals surface area contributed by atoms with Gasteiger partial charge in [0.05, 0.1) is 0 Å². The molecule has 1 heterocycles. The molecule has 3 rings (SSSR count). The summed E-state index contributed by atoms with van der Waals surface area (Å²) in [5.74, 6) is 1.42. The second-order valence-electron chi connectivity index (χ2n) is 5.48. The Balaban J connectivity index is 1.48. The minimum atomic E-state index is -0.230. The van der Waals surface area contributed by atoms with E-state index >= 15 is 0 Å². The van der Waals surface area contributed by atoms with E-state index in [1.54, 1.807) is 19.2 Å². The normalized spacial score (nSPS) is 11.7. The molecule has 0 amide bonds.